The molecule has 0 radical (unpaired) electrons. The van der Waals surface area contributed by atoms with E-state index in [-0.39, 0.29) is 26.5 Å². The maximum absolute atomic E-state index is 9.67. The smallest absolute Gasteiger partial charge is 0.762 e. The third-order valence-electron chi connectivity index (χ3n) is 6.21. The topological polar surface area (TPSA) is 7.76 Å². The molecule has 2 aliphatic carbocycles. The van der Waals surface area contributed by atoms with Gasteiger partial charge in [-0.1, -0.05) is 64.2 Å². The van der Waals surface area contributed by atoms with Gasteiger partial charge in [-0.15, -0.1) is 0 Å². The number of nitrogens with zero attached hydrogens (tertiary/aromatic N) is 2. The van der Waals surface area contributed by atoms with Crippen molar-refractivity contribution in [2.24, 2.45) is 13.0 Å². The molecule has 2 saturated carbocycles. The second-order valence-electron chi connectivity index (χ2n) is 8.99. The predicted molar refractivity (Wildman–Crippen MR) is 130 cm³/mol. The summed E-state index contributed by atoms with van der Waals surface area (Å²) in [5.41, 5.74) is 2.58. The van der Waals surface area contributed by atoms with Crippen LogP contribution in [0.15, 0.2) is 49.1 Å². The minimum Gasteiger partial charge on any atom is -1.00 e. The molecule has 0 bridgehead atoms. The van der Waals surface area contributed by atoms with E-state index in [1.54, 1.807) is 0 Å². The number of aryl methyl sites for hydroxylation is 2. The number of pyridine rings is 2. The first-order valence-corrected chi connectivity index (χ1v) is 12.6. The Hall–Kier alpha value is -1.61. The number of aromatic nitrogens is 2. The van der Waals surface area contributed by atoms with E-state index in [0.717, 1.165) is 12.5 Å². The monoisotopic (exact) mass is 596 g/mol. The van der Waals surface area contributed by atoms with Crippen LogP contribution >= 0.6 is 0 Å². The van der Waals surface area contributed by atoms with Crippen LogP contribution in [0.4, 0.5) is 25.9 Å². The third kappa shape index (κ3) is 22.4. The van der Waals surface area contributed by atoms with Crippen molar-refractivity contribution in [2.45, 2.75) is 83.6 Å². The quantitative estimate of drug-likeness (QED) is 0.207. The van der Waals surface area contributed by atoms with E-state index < -0.39 is 15.1 Å². The Morgan fingerprint density at radius 3 is 1.42 bits per heavy atom. The molecule has 2 aliphatic rings. The Balaban J connectivity index is -0.000000640. The van der Waals surface area contributed by atoms with Crippen LogP contribution in [0.5, 0.6) is 0 Å². The van der Waals surface area contributed by atoms with Crippen molar-refractivity contribution >= 4 is 15.1 Å². The molecule has 0 atom stereocenters. The van der Waals surface area contributed by atoms with E-state index in [4.69, 9.17) is 0 Å². The maximum atomic E-state index is 9.67. The first-order chi connectivity index (χ1) is 16.8. The molecule has 13 heteroatoms. The summed E-state index contributed by atoms with van der Waals surface area (Å²) in [6.45, 7) is 1.15. The Morgan fingerprint density at radius 1 is 0.658 bits per heavy atom. The van der Waals surface area contributed by atoms with Crippen molar-refractivity contribution in [2.75, 3.05) is 0 Å². The van der Waals surface area contributed by atoms with E-state index in [9.17, 15) is 25.9 Å². The van der Waals surface area contributed by atoms with Gasteiger partial charge in [-0.05, 0) is 23.5 Å². The minimum absolute atomic E-state index is 0. The van der Waals surface area contributed by atoms with Crippen LogP contribution in [-0.4, -0.2) is 15.1 Å². The summed E-state index contributed by atoms with van der Waals surface area (Å²) < 4.78 is 62.4. The second-order valence-corrected chi connectivity index (χ2v) is 8.99. The van der Waals surface area contributed by atoms with Gasteiger partial charge < -0.3 is 9.41 Å². The van der Waals surface area contributed by atoms with Crippen molar-refractivity contribution < 1.29 is 61.5 Å². The van der Waals surface area contributed by atoms with Crippen molar-refractivity contribution in [3.8, 4) is 11.1 Å². The van der Waals surface area contributed by atoms with Gasteiger partial charge in [0.2, 0.25) is 0 Å². The minimum atomic E-state index is -3.67. The molecule has 0 aliphatic heterocycles. The van der Waals surface area contributed by atoms with Crippen LogP contribution in [0, 0.1) is 5.92 Å². The zero-order valence-corrected chi connectivity index (χ0v) is 22.9. The van der Waals surface area contributed by atoms with Crippen LogP contribution in [-0.2, 0) is 30.7 Å². The molecule has 2 nitrogen and oxygen atoms in total. The summed E-state index contributed by atoms with van der Waals surface area (Å²) in [6, 6.07) is 8.79. The molecule has 2 fully saturated rings. The Kier molecular flexibility index (Phi) is 27.6. The summed E-state index contributed by atoms with van der Waals surface area (Å²) in [7, 11) is -5.28. The molecule has 0 saturated heterocycles. The Labute approximate surface area is 233 Å². The first-order valence-electron chi connectivity index (χ1n) is 12.6. The zero-order chi connectivity index (χ0) is 25.9. The van der Waals surface area contributed by atoms with Crippen molar-refractivity contribution in [3.63, 3.8) is 0 Å². The van der Waals surface area contributed by atoms with Gasteiger partial charge in [-0.2, -0.15) is 0 Å². The number of halogens is 8. The number of unbranched alkanes of at least 4 members (excludes halogenated alkanes) is 1. The van der Waals surface area contributed by atoms with E-state index in [1.807, 2.05) is 7.05 Å². The van der Waals surface area contributed by atoms with Gasteiger partial charge in [-0.25, -0.2) is 9.13 Å². The van der Waals surface area contributed by atoms with Crippen molar-refractivity contribution in [3.05, 3.63) is 49.1 Å². The van der Waals surface area contributed by atoms with E-state index in [1.165, 1.54) is 88.2 Å². The Morgan fingerprint density at radius 2 is 1.03 bits per heavy atom. The predicted octanol–water partition coefficient (Wildman–Crippen LogP) is 1.54. The van der Waals surface area contributed by atoms with E-state index in [2.05, 4.69) is 58.2 Å². The molecular weight excluding hydrogens is 558 g/mol. The second kappa shape index (κ2) is 25.7. The fourth-order valence-corrected chi connectivity index (χ4v) is 4.40. The maximum Gasteiger partial charge on any atom is 0.762 e. The van der Waals surface area contributed by atoms with Crippen LogP contribution in [0.2, 0.25) is 0 Å². The largest absolute Gasteiger partial charge is 1.00 e. The molecular formula is C25H38B2F8FeN2. The van der Waals surface area contributed by atoms with Crippen molar-refractivity contribution in [1.82, 2.24) is 0 Å². The fraction of sp³-hybridized carbons (Fsp3) is 0.600. The molecule has 4 rings (SSSR count). The molecule has 2 aromatic rings. The van der Waals surface area contributed by atoms with Crippen LogP contribution in [0.3, 0.4) is 0 Å². The number of hydrogen-bond acceptors (Lipinski definition) is 0. The number of rotatable bonds is 6. The molecule has 0 amide bonds. The van der Waals surface area contributed by atoms with Gasteiger partial charge in [0, 0.05) is 47.8 Å². The Bertz CT molecular complexity index is 746. The summed E-state index contributed by atoms with van der Waals surface area (Å²) in [5.74, 6) is 1.03. The van der Waals surface area contributed by atoms with Crippen LogP contribution in [0.1, 0.15) is 77.0 Å². The van der Waals surface area contributed by atoms with Crippen LogP contribution in [0.25, 0.3) is 11.1 Å². The number of hydrogen-bond donors (Lipinski definition) is 0. The molecule has 218 valence electrons. The molecule has 0 aromatic carbocycles. The van der Waals surface area contributed by atoms with Gasteiger partial charge in [0.1, 0.15) is 13.6 Å². The third-order valence-corrected chi connectivity index (χ3v) is 6.21. The van der Waals surface area contributed by atoms with Gasteiger partial charge in [0.25, 0.3) is 0 Å². The van der Waals surface area contributed by atoms with Crippen molar-refractivity contribution in [1.29, 1.82) is 0 Å². The molecule has 0 unspecified atom stereocenters. The summed E-state index contributed by atoms with van der Waals surface area (Å²) in [4.78, 5) is 0. The SMILES string of the molecule is C1CCCC1.C[n+]1ccc(-c2cc[n+](CCCCC3CCCC3)cc2)cc1.FB(F)F.FB(F)F.[F-].[F-].[Fe]. The normalized spacial score (nSPS) is 13.4. The van der Waals surface area contributed by atoms with E-state index in [0.29, 0.717) is 0 Å². The van der Waals surface area contributed by atoms with E-state index >= 15 is 0 Å². The molecule has 0 N–H and O–H groups in total. The average Bonchev–Trinajstić information content (AvgIpc) is 3.54. The molecule has 38 heavy (non-hydrogen) atoms. The first kappa shape index (κ1) is 40.9. The van der Waals surface area contributed by atoms with Crippen LogP contribution < -0.4 is 18.5 Å². The van der Waals surface area contributed by atoms with Gasteiger partial charge in [0.15, 0.2) is 24.8 Å². The molecule has 2 aromatic heterocycles. The summed E-state index contributed by atoms with van der Waals surface area (Å²) in [6.07, 6.45) is 26.2. The van der Waals surface area contributed by atoms with Gasteiger partial charge in [-0.3, -0.25) is 25.9 Å². The molecule has 0 spiro atoms. The fourth-order valence-electron chi connectivity index (χ4n) is 4.40. The summed E-state index contributed by atoms with van der Waals surface area (Å²) in [5, 5.41) is 0. The molecule has 2 heterocycles. The zero-order valence-electron chi connectivity index (χ0n) is 21.8. The van der Waals surface area contributed by atoms with Gasteiger partial charge in [0.05, 0.1) is 0 Å². The van der Waals surface area contributed by atoms with Gasteiger partial charge >= 0.3 is 15.1 Å². The average molecular weight is 596 g/mol. The summed E-state index contributed by atoms with van der Waals surface area (Å²) >= 11 is 0. The standard InChI is InChI=1S/C20H28N2.C5H10.2BF3.2FH.Fe/c1-21-14-9-19(10-15-21)20-11-16-22(17-12-20)13-5-4-8-18-6-2-3-7-18;1-2-4-5-3-1;2*2-1(3)4;;;/h9-12,14-18H,2-8,13H2,1H3;1-5H2;;;2*1H;/q+2;;;;;;/p-2.